The first kappa shape index (κ1) is 9.75. The molecule has 82 valence electrons. The quantitative estimate of drug-likeness (QED) is 0.853. The van der Waals surface area contributed by atoms with Gasteiger partial charge in [-0.25, -0.2) is 4.98 Å². The average molecular weight is 224 g/mol. The van der Waals surface area contributed by atoms with Crippen LogP contribution in [0, 0.1) is 0 Å². The van der Waals surface area contributed by atoms with Gasteiger partial charge < -0.3 is 10.1 Å². The third-order valence-corrected chi connectivity index (χ3v) is 4.27. The predicted molar refractivity (Wildman–Crippen MR) is 60.2 cm³/mol. The Hall–Kier alpha value is -0.450. The molecule has 4 heteroatoms. The molecule has 0 radical (unpaired) electrons. The molecule has 0 bridgehead atoms. The molecule has 2 fully saturated rings. The zero-order chi connectivity index (χ0) is 10.3. The second kappa shape index (κ2) is 3.85. The molecule has 2 aliphatic rings. The van der Waals surface area contributed by atoms with Crippen LogP contribution in [0.25, 0.3) is 0 Å². The molecule has 2 heterocycles. The van der Waals surface area contributed by atoms with Crippen molar-refractivity contribution in [3.05, 3.63) is 16.1 Å². The highest BCUT2D eigenvalue weighted by atomic mass is 32.1. The van der Waals surface area contributed by atoms with Crippen molar-refractivity contribution in [2.24, 2.45) is 0 Å². The Labute approximate surface area is 93.9 Å². The molecule has 3 nitrogen and oxygen atoms in total. The van der Waals surface area contributed by atoms with E-state index < -0.39 is 0 Å². The molecule has 1 aliphatic carbocycles. The topological polar surface area (TPSA) is 34.1 Å². The van der Waals surface area contributed by atoms with Gasteiger partial charge in [0.05, 0.1) is 22.8 Å². The molecule has 0 spiro atoms. The molecule has 1 aliphatic heterocycles. The molecular weight excluding hydrogens is 208 g/mol. The van der Waals surface area contributed by atoms with Crippen molar-refractivity contribution in [3.8, 4) is 0 Å². The van der Waals surface area contributed by atoms with Gasteiger partial charge in [0.25, 0.3) is 0 Å². The minimum atomic E-state index is 0.362. The molecule has 0 aromatic carbocycles. The van der Waals surface area contributed by atoms with E-state index in [2.05, 4.69) is 10.7 Å². The number of nitrogens with zero attached hydrogens (tertiary/aromatic N) is 1. The predicted octanol–water partition coefficient (Wildman–Crippen LogP) is 2.07. The van der Waals surface area contributed by atoms with E-state index in [4.69, 9.17) is 9.72 Å². The third-order valence-electron chi connectivity index (χ3n) is 3.25. The summed E-state index contributed by atoms with van der Waals surface area (Å²) >= 11 is 1.82. The zero-order valence-corrected chi connectivity index (χ0v) is 9.72. The lowest BCUT2D eigenvalue weighted by Crippen LogP contribution is -2.16. The smallest absolute Gasteiger partial charge is 0.0959 e. The summed E-state index contributed by atoms with van der Waals surface area (Å²) in [7, 11) is 1.78. The van der Waals surface area contributed by atoms with Crippen LogP contribution in [0.3, 0.4) is 0 Å². The second-order valence-electron chi connectivity index (χ2n) is 4.44. The molecule has 15 heavy (non-hydrogen) atoms. The van der Waals surface area contributed by atoms with Crippen LogP contribution in [0.15, 0.2) is 5.38 Å². The number of hydrogen-bond donors (Lipinski definition) is 1. The fraction of sp³-hybridized carbons (Fsp3) is 0.727. The Balaban J connectivity index is 1.70. The lowest BCUT2D eigenvalue weighted by Gasteiger charge is -2.06. The largest absolute Gasteiger partial charge is 0.380 e. The molecule has 1 saturated heterocycles. The van der Waals surface area contributed by atoms with E-state index in [1.54, 1.807) is 7.11 Å². The summed E-state index contributed by atoms with van der Waals surface area (Å²) in [6.45, 7) is 0.956. The van der Waals surface area contributed by atoms with E-state index in [9.17, 15) is 0 Å². The van der Waals surface area contributed by atoms with Crippen molar-refractivity contribution < 1.29 is 4.74 Å². The fourth-order valence-electron chi connectivity index (χ4n) is 2.09. The van der Waals surface area contributed by atoms with Crippen LogP contribution in [0.1, 0.15) is 41.9 Å². The van der Waals surface area contributed by atoms with Crippen LogP contribution >= 0.6 is 11.3 Å². The molecular formula is C11H16N2OS. The first-order chi connectivity index (χ1) is 7.36. The molecule has 1 saturated carbocycles. The number of thiazole rings is 1. The lowest BCUT2D eigenvalue weighted by atomic mass is 10.1. The summed E-state index contributed by atoms with van der Waals surface area (Å²) in [6, 6.07) is 0.415. The standard InChI is InChI=1S/C11H16N2OS/c1-14-8-4-9(12-5-8)10-6-15-11(13-10)7-2-3-7/h6-9,12H,2-5H2,1H3. The van der Waals surface area contributed by atoms with Crippen molar-refractivity contribution in [2.75, 3.05) is 13.7 Å². The molecule has 2 atom stereocenters. The van der Waals surface area contributed by atoms with Crippen molar-refractivity contribution in [1.82, 2.24) is 10.3 Å². The summed E-state index contributed by atoms with van der Waals surface area (Å²) < 4.78 is 5.34. The minimum Gasteiger partial charge on any atom is -0.380 e. The molecule has 1 aromatic rings. The third kappa shape index (κ3) is 1.94. The zero-order valence-electron chi connectivity index (χ0n) is 8.90. The Kier molecular flexibility index (Phi) is 2.50. The monoisotopic (exact) mass is 224 g/mol. The van der Waals surface area contributed by atoms with E-state index in [1.807, 2.05) is 11.3 Å². The Bertz CT molecular complexity index is 348. The van der Waals surface area contributed by atoms with Crippen LogP contribution in [0.2, 0.25) is 0 Å². The van der Waals surface area contributed by atoms with Crippen molar-refractivity contribution in [2.45, 2.75) is 37.3 Å². The van der Waals surface area contributed by atoms with Gasteiger partial charge in [-0.05, 0) is 19.3 Å². The van der Waals surface area contributed by atoms with Gasteiger partial charge in [-0.15, -0.1) is 11.3 Å². The summed E-state index contributed by atoms with van der Waals surface area (Å²) in [5.74, 6) is 0.781. The number of rotatable bonds is 3. The normalized spacial score (nSPS) is 31.0. The summed E-state index contributed by atoms with van der Waals surface area (Å²) in [5, 5.41) is 7.02. The van der Waals surface area contributed by atoms with E-state index in [-0.39, 0.29) is 0 Å². The van der Waals surface area contributed by atoms with Crippen molar-refractivity contribution in [3.63, 3.8) is 0 Å². The maximum atomic E-state index is 5.34. The van der Waals surface area contributed by atoms with Gasteiger partial charge in [0, 0.05) is 25.0 Å². The lowest BCUT2D eigenvalue weighted by molar-refractivity contribution is 0.117. The number of methoxy groups -OCH3 is 1. The SMILES string of the molecule is COC1CNC(c2csc(C3CC3)n2)C1. The van der Waals surface area contributed by atoms with Gasteiger partial charge in [0.15, 0.2) is 0 Å². The minimum absolute atomic E-state index is 0.362. The second-order valence-corrected chi connectivity index (χ2v) is 5.33. The molecule has 3 rings (SSSR count). The van der Waals surface area contributed by atoms with E-state index in [1.165, 1.54) is 23.5 Å². The van der Waals surface area contributed by atoms with Crippen LogP contribution < -0.4 is 5.32 Å². The molecule has 1 N–H and O–H groups in total. The number of ether oxygens (including phenoxy) is 1. The first-order valence-electron chi connectivity index (χ1n) is 5.58. The first-order valence-corrected chi connectivity index (χ1v) is 6.46. The summed E-state index contributed by atoms with van der Waals surface area (Å²) in [5.41, 5.74) is 1.22. The van der Waals surface area contributed by atoms with Crippen molar-refractivity contribution in [1.29, 1.82) is 0 Å². The number of hydrogen-bond acceptors (Lipinski definition) is 4. The Morgan fingerprint density at radius 1 is 1.53 bits per heavy atom. The van der Waals surface area contributed by atoms with Gasteiger partial charge in [-0.2, -0.15) is 0 Å². The Morgan fingerprint density at radius 2 is 2.40 bits per heavy atom. The Morgan fingerprint density at radius 3 is 3.07 bits per heavy atom. The maximum Gasteiger partial charge on any atom is 0.0959 e. The summed E-state index contributed by atoms with van der Waals surface area (Å²) in [6.07, 6.45) is 4.10. The summed E-state index contributed by atoms with van der Waals surface area (Å²) in [4.78, 5) is 4.72. The fourth-order valence-corrected chi connectivity index (χ4v) is 3.13. The van der Waals surface area contributed by atoms with Gasteiger partial charge in [0.2, 0.25) is 0 Å². The molecule has 2 unspecified atom stereocenters. The number of nitrogens with one attached hydrogen (secondary N) is 1. The van der Waals surface area contributed by atoms with E-state index >= 15 is 0 Å². The van der Waals surface area contributed by atoms with Gasteiger partial charge >= 0.3 is 0 Å². The van der Waals surface area contributed by atoms with Crippen LogP contribution in [-0.4, -0.2) is 24.7 Å². The highest BCUT2D eigenvalue weighted by Crippen LogP contribution is 2.42. The maximum absolute atomic E-state index is 5.34. The van der Waals surface area contributed by atoms with Gasteiger partial charge in [-0.3, -0.25) is 0 Å². The van der Waals surface area contributed by atoms with E-state index in [0.29, 0.717) is 12.1 Å². The van der Waals surface area contributed by atoms with Crippen LogP contribution in [0.4, 0.5) is 0 Å². The van der Waals surface area contributed by atoms with Crippen molar-refractivity contribution >= 4 is 11.3 Å². The number of aromatic nitrogens is 1. The molecule has 0 amide bonds. The highest BCUT2D eigenvalue weighted by molar-refractivity contribution is 7.09. The van der Waals surface area contributed by atoms with Crippen LogP contribution in [0.5, 0.6) is 0 Å². The van der Waals surface area contributed by atoms with E-state index in [0.717, 1.165) is 18.9 Å². The highest BCUT2D eigenvalue weighted by Gasteiger charge is 2.30. The molecule has 1 aromatic heterocycles. The average Bonchev–Trinajstić information content (AvgIpc) is 2.84. The van der Waals surface area contributed by atoms with Crippen LogP contribution in [-0.2, 0) is 4.74 Å². The van der Waals surface area contributed by atoms with Gasteiger partial charge in [-0.1, -0.05) is 0 Å². The van der Waals surface area contributed by atoms with Gasteiger partial charge in [0.1, 0.15) is 0 Å².